The van der Waals surface area contributed by atoms with Crippen molar-refractivity contribution in [3.63, 3.8) is 0 Å². The second-order valence-electron chi connectivity index (χ2n) is 5.45. The highest BCUT2D eigenvalue weighted by atomic mass is 35.5. The van der Waals surface area contributed by atoms with Crippen LogP contribution in [-0.4, -0.2) is 25.0 Å². The van der Waals surface area contributed by atoms with Gasteiger partial charge in [0.1, 0.15) is 5.58 Å². The molecule has 0 saturated heterocycles. The molecule has 0 aliphatic rings. The van der Waals surface area contributed by atoms with E-state index < -0.39 is 5.97 Å². The van der Waals surface area contributed by atoms with Gasteiger partial charge in [0.05, 0.1) is 0 Å². The number of fused-ring (bicyclic) bond motifs is 1. The lowest BCUT2D eigenvalue weighted by atomic mass is 10.1. The largest absolute Gasteiger partial charge is 0.450 e. The summed E-state index contributed by atoms with van der Waals surface area (Å²) >= 11 is 7.59. The fourth-order valence-corrected chi connectivity index (χ4v) is 3.30. The summed E-state index contributed by atoms with van der Waals surface area (Å²) in [6.07, 6.45) is 0.751. The third-order valence-corrected chi connectivity index (χ3v) is 4.86. The van der Waals surface area contributed by atoms with Crippen molar-refractivity contribution < 1.29 is 18.7 Å². The molecule has 5 nitrogen and oxygen atoms in total. The Morgan fingerprint density at radius 1 is 1.32 bits per heavy atom. The fraction of sp³-hybridized carbons (Fsp3) is 0.222. The van der Waals surface area contributed by atoms with E-state index in [-0.39, 0.29) is 18.3 Å². The lowest BCUT2D eigenvalue weighted by Crippen LogP contribution is -2.30. The molecule has 130 valence electrons. The molecule has 0 spiro atoms. The summed E-state index contributed by atoms with van der Waals surface area (Å²) in [5.74, 6) is -0.927. The van der Waals surface area contributed by atoms with Crippen molar-refractivity contribution in [1.82, 2.24) is 5.32 Å². The molecule has 3 rings (SSSR count). The van der Waals surface area contributed by atoms with Crippen molar-refractivity contribution >= 4 is 45.8 Å². The van der Waals surface area contributed by atoms with Crippen molar-refractivity contribution in [2.75, 3.05) is 13.2 Å². The Morgan fingerprint density at radius 2 is 2.16 bits per heavy atom. The minimum Gasteiger partial charge on any atom is -0.450 e. The summed E-state index contributed by atoms with van der Waals surface area (Å²) in [7, 11) is 0. The number of ether oxygens (including phenoxy) is 1. The maximum Gasteiger partial charge on any atom is 0.375 e. The van der Waals surface area contributed by atoms with Crippen LogP contribution in [0.5, 0.6) is 0 Å². The monoisotopic (exact) mass is 377 g/mol. The zero-order chi connectivity index (χ0) is 17.8. The van der Waals surface area contributed by atoms with Crippen molar-refractivity contribution in [3.8, 4) is 0 Å². The van der Waals surface area contributed by atoms with Crippen LogP contribution in [0, 0.1) is 6.92 Å². The number of halogens is 1. The number of carbonyl (C=O) groups excluding carboxylic acids is 2. The number of nitrogens with one attached hydrogen (secondary N) is 1. The standard InChI is InChI=1S/C18H16ClNO4S/c1-11-14-9-12(19)4-5-15(14)24-17(11)18(22)23-10-16(21)20-7-6-13-3-2-8-25-13/h2-5,8-9H,6-7,10H2,1H3,(H,20,21). The van der Waals surface area contributed by atoms with E-state index in [1.54, 1.807) is 36.5 Å². The van der Waals surface area contributed by atoms with Crippen LogP contribution in [0.4, 0.5) is 0 Å². The number of benzene rings is 1. The first-order valence-electron chi connectivity index (χ1n) is 7.69. The highest BCUT2D eigenvalue weighted by Crippen LogP contribution is 2.28. The summed E-state index contributed by atoms with van der Waals surface area (Å²) < 4.78 is 10.6. The average molecular weight is 378 g/mol. The molecule has 2 aromatic heterocycles. The number of thiophene rings is 1. The molecule has 1 aromatic carbocycles. The zero-order valence-corrected chi connectivity index (χ0v) is 15.1. The van der Waals surface area contributed by atoms with Gasteiger partial charge in [0.25, 0.3) is 5.91 Å². The van der Waals surface area contributed by atoms with Crippen LogP contribution < -0.4 is 5.32 Å². The van der Waals surface area contributed by atoms with Crippen LogP contribution in [0.1, 0.15) is 21.0 Å². The molecule has 1 amide bonds. The minimum atomic E-state index is -0.668. The van der Waals surface area contributed by atoms with Crippen molar-refractivity contribution in [2.45, 2.75) is 13.3 Å². The number of esters is 1. The topological polar surface area (TPSA) is 68.5 Å². The molecular formula is C18H16ClNO4S. The maximum atomic E-state index is 12.2. The van der Waals surface area contributed by atoms with Gasteiger partial charge in [-0.05, 0) is 43.0 Å². The van der Waals surface area contributed by atoms with Crippen molar-refractivity contribution in [1.29, 1.82) is 0 Å². The lowest BCUT2D eigenvalue weighted by molar-refractivity contribution is -0.124. The fourth-order valence-electron chi connectivity index (χ4n) is 2.42. The van der Waals surface area contributed by atoms with E-state index in [2.05, 4.69) is 5.32 Å². The molecule has 7 heteroatoms. The van der Waals surface area contributed by atoms with E-state index in [1.807, 2.05) is 17.5 Å². The summed E-state index contributed by atoms with van der Waals surface area (Å²) in [5.41, 5.74) is 1.19. The predicted octanol–water partition coefficient (Wildman–Crippen LogP) is 3.97. The lowest BCUT2D eigenvalue weighted by Gasteiger charge is -2.05. The molecule has 25 heavy (non-hydrogen) atoms. The van der Waals surface area contributed by atoms with Gasteiger partial charge in [-0.1, -0.05) is 17.7 Å². The van der Waals surface area contributed by atoms with Crippen LogP contribution in [0.15, 0.2) is 40.1 Å². The van der Waals surface area contributed by atoms with Gasteiger partial charge >= 0.3 is 5.97 Å². The third-order valence-electron chi connectivity index (χ3n) is 3.69. The first-order chi connectivity index (χ1) is 12.0. The Balaban J connectivity index is 1.53. The number of furan rings is 1. The molecule has 0 aliphatic heterocycles. The highest BCUT2D eigenvalue weighted by molar-refractivity contribution is 7.09. The number of amides is 1. The van der Waals surface area contributed by atoms with Crippen LogP contribution in [0.25, 0.3) is 11.0 Å². The molecule has 0 atom stereocenters. The average Bonchev–Trinajstić information content (AvgIpc) is 3.21. The van der Waals surface area contributed by atoms with Gasteiger partial charge in [0.15, 0.2) is 6.61 Å². The van der Waals surface area contributed by atoms with Gasteiger partial charge in [-0.15, -0.1) is 11.3 Å². The van der Waals surface area contributed by atoms with E-state index >= 15 is 0 Å². The molecule has 0 fully saturated rings. The van der Waals surface area contributed by atoms with E-state index in [1.165, 1.54) is 4.88 Å². The smallest absolute Gasteiger partial charge is 0.375 e. The van der Waals surface area contributed by atoms with Crippen LogP contribution in [-0.2, 0) is 16.0 Å². The minimum absolute atomic E-state index is 0.0867. The molecule has 0 bridgehead atoms. The number of hydrogen-bond donors (Lipinski definition) is 1. The maximum absolute atomic E-state index is 12.2. The molecule has 2 heterocycles. The molecule has 0 unspecified atom stereocenters. The zero-order valence-electron chi connectivity index (χ0n) is 13.5. The molecular weight excluding hydrogens is 362 g/mol. The molecule has 0 saturated carbocycles. The normalized spacial score (nSPS) is 10.8. The van der Waals surface area contributed by atoms with E-state index in [4.69, 9.17) is 20.8 Å². The third kappa shape index (κ3) is 4.21. The van der Waals surface area contributed by atoms with Gasteiger partial charge < -0.3 is 14.5 Å². The summed E-state index contributed by atoms with van der Waals surface area (Å²) in [5, 5.41) is 6.01. The van der Waals surface area contributed by atoms with E-state index in [9.17, 15) is 9.59 Å². The second kappa shape index (κ2) is 7.72. The van der Waals surface area contributed by atoms with E-state index in [0.29, 0.717) is 22.7 Å². The van der Waals surface area contributed by atoms with Gasteiger partial charge in [0, 0.05) is 27.4 Å². The van der Waals surface area contributed by atoms with Gasteiger partial charge in [0.2, 0.25) is 5.76 Å². The first kappa shape index (κ1) is 17.5. The number of carbonyl (C=O) groups is 2. The Kier molecular flexibility index (Phi) is 5.40. The second-order valence-corrected chi connectivity index (χ2v) is 6.92. The number of rotatable bonds is 6. The molecule has 0 aliphatic carbocycles. The Morgan fingerprint density at radius 3 is 2.92 bits per heavy atom. The first-order valence-corrected chi connectivity index (χ1v) is 8.95. The summed E-state index contributed by atoms with van der Waals surface area (Å²) in [6, 6.07) is 9.07. The SMILES string of the molecule is Cc1c(C(=O)OCC(=O)NCCc2cccs2)oc2ccc(Cl)cc12. The van der Waals surface area contributed by atoms with Crippen LogP contribution >= 0.6 is 22.9 Å². The van der Waals surface area contributed by atoms with Gasteiger partial charge in [-0.25, -0.2) is 4.79 Å². The number of hydrogen-bond acceptors (Lipinski definition) is 5. The molecule has 1 N–H and O–H groups in total. The quantitative estimate of drug-likeness (QED) is 0.660. The van der Waals surface area contributed by atoms with Crippen molar-refractivity contribution in [2.24, 2.45) is 0 Å². The van der Waals surface area contributed by atoms with Crippen LogP contribution in [0.3, 0.4) is 0 Å². The Hall–Kier alpha value is -2.31. The van der Waals surface area contributed by atoms with Gasteiger partial charge in [-0.3, -0.25) is 4.79 Å². The van der Waals surface area contributed by atoms with E-state index in [0.717, 1.165) is 11.8 Å². The Bertz CT molecular complexity index is 901. The molecule has 3 aromatic rings. The van der Waals surface area contributed by atoms with Crippen molar-refractivity contribution in [3.05, 3.63) is 56.9 Å². The highest BCUT2D eigenvalue weighted by Gasteiger charge is 2.20. The van der Waals surface area contributed by atoms with Crippen LogP contribution in [0.2, 0.25) is 5.02 Å². The summed E-state index contributed by atoms with van der Waals surface area (Å²) in [6.45, 7) is 1.90. The number of aryl methyl sites for hydroxylation is 1. The van der Waals surface area contributed by atoms with Gasteiger partial charge in [-0.2, -0.15) is 0 Å². The predicted molar refractivity (Wildman–Crippen MR) is 97.3 cm³/mol. The molecule has 0 radical (unpaired) electrons. The Labute approximate surface area is 153 Å². The summed E-state index contributed by atoms with van der Waals surface area (Å²) in [4.78, 5) is 25.1.